The van der Waals surface area contributed by atoms with E-state index in [1.165, 1.54) is 36.0 Å². The van der Waals surface area contributed by atoms with Gasteiger partial charge in [0, 0.05) is 26.3 Å². The minimum atomic E-state index is -3.84. The molecule has 0 fully saturated rings. The van der Waals surface area contributed by atoms with Gasteiger partial charge in [0.15, 0.2) is 0 Å². The molecule has 0 aliphatic heterocycles. The first-order valence-corrected chi connectivity index (χ1v) is 16.6. The summed E-state index contributed by atoms with van der Waals surface area (Å²) in [5, 5.41) is 13.0. The number of thioether (sulfide) groups is 1. The van der Waals surface area contributed by atoms with E-state index in [9.17, 15) is 22.8 Å². The first kappa shape index (κ1) is 32.7. The third kappa shape index (κ3) is 9.38. The number of nitrogens with one attached hydrogen (secondary N) is 3. The van der Waals surface area contributed by atoms with Crippen molar-refractivity contribution in [1.29, 1.82) is 0 Å². The largest absolute Gasteiger partial charge is 0.325 e. The van der Waals surface area contributed by atoms with Crippen molar-refractivity contribution >= 4 is 72.9 Å². The van der Waals surface area contributed by atoms with Gasteiger partial charge in [-0.05, 0) is 84.8 Å². The summed E-state index contributed by atoms with van der Waals surface area (Å²) in [6.07, 6.45) is 2.10. The topological polar surface area (TPSA) is 147 Å². The highest BCUT2D eigenvalue weighted by Crippen LogP contribution is 2.29. The number of hydrogen-bond donors (Lipinski definition) is 4. The molecule has 5 N–H and O–H groups in total. The highest BCUT2D eigenvalue weighted by molar-refractivity contribution is 9.10. The van der Waals surface area contributed by atoms with E-state index in [4.69, 9.17) is 5.14 Å². The number of anilines is 2. The van der Waals surface area contributed by atoms with Gasteiger partial charge in [0.2, 0.25) is 15.9 Å². The van der Waals surface area contributed by atoms with Crippen LogP contribution in [0.5, 0.6) is 0 Å². The second-order valence-electron chi connectivity index (χ2n) is 9.49. The molecule has 0 aliphatic rings. The first-order valence-electron chi connectivity index (χ1n) is 13.4. The summed E-state index contributed by atoms with van der Waals surface area (Å²) in [6, 6.07) is 28.6. The molecule has 1 atom stereocenters. The predicted octanol–water partition coefficient (Wildman–Crippen LogP) is 6.02. The number of benzene rings is 4. The lowest BCUT2D eigenvalue weighted by molar-refractivity contribution is -0.116. The zero-order valence-corrected chi connectivity index (χ0v) is 26.7. The molecule has 0 aliphatic carbocycles. The van der Waals surface area contributed by atoms with Crippen molar-refractivity contribution in [3.05, 3.63) is 124 Å². The van der Waals surface area contributed by atoms with Crippen LogP contribution >= 0.6 is 27.7 Å². The van der Waals surface area contributed by atoms with E-state index in [1.54, 1.807) is 54.6 Å². The van der Waals surface area contributed by atoms with Gasteiger partial charge in [-0.3, -0.25) is 14.4 Å². The normalized spacial score (nSPS) is 12.2. The standard InChI is InChI=1S/C32H29BrN4O5S2/c1-2-29(32(40)35-24-14-16-27(17-15-24)44(34,41)42)43-26-13-7-12-25(20-26)36-31(39)28(19-21-8-6-11-23(33)18-21)37-30(38)22-9-4-3-5-10-22/h3-20,29H,2H2,1H3,(H,35,40)(H,36,39)(H,37,38)(H2,34,41,42)/b28-19+. The van der Waals surface area contributed by atoms with Crippen LogP contribution < -0.4 is 21.1 Å². The molecule has 12 heteroatoms. The Balaban J connectivity index is 1.48. The Bertz CT molecular complexity index is 1800. The molecular weight excluding hydrogens is 664 g/mol. The van der Waals surface area contributed by atoms with Crippen LogP contribution in [-0.4, -0.2) is 31.4 Å². The fourth-order valence-corrected chi connectivity index (χ4v) is 5.93. The van der Waals surface area contributed by atoms with Crippen molar-refractivity contribution in [2.75, 3.05) is 10.6 Å². The van der Waals surface area contributed by atoms with Gasteiger partial charge in [-0.15, -0.1) is 11.8 Å². The molecule has 4 rings (SSSR count). The molecule has 1 unspecified atom stereocenters. The highest BCUT2D eigenvalue weighted by Gasteiger charge is 2.20. The number of carbonyl (C=O) groups excluding carboxylic acids is 3. The Morgan fingerprint density at radius 3 is 2.23 bits per heavy atom. The number of hydrogen-bond acceptors (Lipinski definition) is 6. The third-order valence-corrected chi connectivity index (χ3v) is 8.95. The molecule has 3 amide bonds. The van der Waals surface area contributed by atoms with E-state index >= 15 is 0 Å². The van der Waals surface area contributed by atoms with Crippen LogP contribution in [0, 0.1) is 0 Å². The number of rotatable bonds is 11. The van der Waals surface area contributed by atoms with Gasteiger partial charge in [0.1, 0.15) is 5.70 Å². The molecule has 0 spiro atoms. The molecule has 4 aromatic rings. The van der Waals surface area contributed by atoms with Crippen LogP contribution in [0.2, 0.25) is 0 Å². The molecule has 9 nitrogen and oxygen atoms in total. The minimum Gasteiger partial charge on any atom is -0.325 e. The van der Waals surface area contributed by atoms with Crippen LogP contribution in [0.15, 0.2) is 123 Å². The number of halogens is 1. The number of carbonyl (C=O) groups is 3. The van der Waals surface area contributed by atoms with Gasteiger partial charge in [0.05, 0.1) is 10.1 Å². The Labute approximate surface area is 268 Å². The van der Waals surface area contributed by atoms with Crippen molar-refractivity contribution < 1.29 is 22.8 Å². The van der Waals surface area contributed by atoms with Crippen LogP contribution in [0.25, 0.3) is 6.08 Å². The van der Waals surface area contributed by atoms with Gasteiger partial charge in [-0.2, -0.15) is 0 Å². The first-order chi connectivity index (χ1) is 21.0. The van der Waals surface area contributed by atoms with E-state index in [-0.39, 0.29) is 16.5 Å². The Kier molecular flexibility index (Phi) is 11.1. The lowest BCUT2D eigenvalue weighted by Crippen LogP contribution is -2.30. The number of amides is 3. The molecular formula is C32H29BrN4O5S2. The van der Waals surface area contributed by atoms with E-state index in [0.29, 0.717) is 28.9 Å². The van der Waals surface area contributed by atoms with E-state index < -0.39 is 27.1 Å². The van der Waals surface area contributed by atoms with Gasteiger partial charge < -0.3 is 16.0 Å². The molecule has 44 heavy (non-hydrogen) atoms. The SMILES string of the molecule is CCC(Sc1cccc(NC(=O)/C(=C\c2cccc(Br)c2)NC(=O)c2ccccc2)c1)C(=O)Nc1ccc(S(N)(=O)=O)cc1. The summed E-state index contributed by atoms with van der Waals surface area (Å²) in [7, 11) is -3.84. The summed E-state index contributed by atoms with van der Waals surface area (Å²) in [5.74, 6) is -1.22. The van der Waals surface area contributed by atoms with E-state index in [2.05, 4.69) is 31.9 Å². The monoisotopic (exact) mass is 692 g/mol. The third-order valence-electron chi connectivity index (χ3n) is 6.17. The molecule has 0 heterocycles. The molecule has 0 bridgehead atoms. The highest BCUT2D eigenvalue weighted by atomic mass is 79.9. The van der Waals surface area contributed by atoms with Crippen molar-refractivity contribution in [2.24, 2.45) is 5.14 Å². The molecule has 226 valence electrons. The average Bonchev–Trinajstić information content (AvgIpc) is 3.00. The van der Waals surface area contributed by atoms with Crippen LogP contribution in [-0.2, 0) is 19.6 Å². The van der Waals surface area contributed by atoms with Crippen LogP contribution in [0.4, 0.5) is 11.4 Å². The Morgan fingerprint density at radius 1 is 0.864 bits per heavy atom. The summed E-state index contributed by atoms with van der Waals surface area (Å²) >= 11 is 4.74. The lowest BCUT2D eigenvalue weighted by Gasteiger charge is -2.16. The van der Waals surface area contributed by atoms with Crippen molar-refractivity contribution in [1.82, 2.24) is 5.32 Å². The fraction of sp³-hybridized carbons (Fsp3) is 0.0938. The van der Waals surface area contributed by atoms with Crippen molar-refractivity contribution in [2.45, 2.75) is 28.4 Å². The van der Waals surface area contributed by atoms with Crippen LogP contribution in [0.1, 0.15) is 29.3 Å². The molecule has 4 aromatic carbocycles. The number of nitrogens with two attached hydrogens (primary N) is 1. The second-order valence-corrected chi connectivity index (χ2v) is 13.2. The Hall–Kier alpha value is -4.23. The predicted molar refractivity (Wildman–Crippen MR) is 177 cm³/mol. The van der Waals surface area contributed by atoms with Gasteiger partial charge in [-0.1, -0.05) is 59.3 Å². The average molecular weight is 694 g/mol. The van der Waals surface area contributed by atoms with Gasteiger partial charge >= 0.3 is 0 Å². The molecule has 0 radical (unpaired) electrons. The maximum atomic E-state index is 13.4. The fourth-order valence-electron chi connectivity index (χ4n) is 3.99. The second kappa shape index (κ2) is 15.0. The van der Waals surface area contributed by atoms with Crippen LogP contribution in [0.3, 0.4) is 0 Å². The quantitative estimate of drug-likeness (QED) is 0.112. The minimum absolute atomic E-state index is 0.0503. The summed E-state index contributed by atoms with van der Waals surface area (Å²) in [5.41, 5.74) is 2.07. The summed E-state index contributed by atoms with van der Waals surface area (Å²) < 4.78 is 23.8. The van der Waals surface area contributed by atoms with Gasteiger partial charge in [-0.25, -0.2) is 13.6 Å². The zero-order chi connectivity index (χ0) is 31.7. The van der Waals surface area contributed by atoms with E-state index in [0.717, 1.165) is 9.37 Å². The lowest BCUT2D eigenvalue weighted by atomic mass is 10.1. The summed E-state index contributed by atoms with van der Waals surface area (Å²) in [4.78, 5) is 40.0. The van der Waals surface area contributed by atoms with E-state index in [1.807, 2.05) is 37.3 Å². The Morgan fingerprint density at radius 2 is 1.57 bits per heavy atom. The zero-order valence-electron chi connectivity index (χ0n) is 23.5. The smallest absolute Gasteiger partial charge is 0.272 e. The van der Waals surface area contributed by atoms with Gasteiger partial charge in [0.25, 0.3) is 11.8 Å². The molecule has 0 saturated carbocycles. The maximum absolute atomic E-state index is 13.4. The molecule has 0 aromatic heterocycles. The van der Waals surface area contributed by atoms with Crippen molar-refractivity contribution in [3.63, 3.8) is 0 Å². The summed E-state index contributed by atoms with van der Waals surface area (Å²) in [6.45, 7) is 1.88. The number of sulfonamides is 1. The number of primary sulfonamides is 1. The maximum Gasteiger partial charge on any atom is 0.272 e. The van der Waals surface area contributed by atoms with Crippen molar-refractivity contribution in [3.8, 4) is 0 Å². The molecule has 0 saturated heterocycles.